The van der Waals surface area contributed by atoms with Crippen LogP contribution in [0.15, 0.2) is 54.6 Å². The molecule has 0 aromatic heterocycles. The molecule has 0 unspecified atom stereocenters. The maximum absolute atomic E-state index is 12.1. The van der Waals surface area contributed by atoms with Crippen molar-refractivity contribution in [2.24, 2.45) is 0 Å². The molecule has 2 aromatic carbocycles. The van der Waals surface area contributed by atoms with Gasteiger partial charge in [-0.3, -0.25) is 15.4 Å². The highest BCUT2D eigenvalue weighted by Crippen LogP contribution is 2.23. The van der Waals surface area contributed by atoms with Crippen molar-refractivity contribution in [1.82, 2.24) is 10.6 Å². The molecule has 2 aromatic rings. The predicted octanol–water partition coefficient (Wildman–Crippen LogP) is 2.95. The smallest absolute Gasteiger partial charge is 0.413 e. The quantitative estimate of drug-likeness (QED) is 0.886. The van der Waals surface area contributed by atoms with Crippen LogP contribution in [0.3, 0.4) is 0 Å². The number of ether oxygens (including phenoxy) is 1. The van der Waals surface area contributed by atoms with Crippen molar-refractivity contribution < 1.29 is 14.3 Å². The summed E-state index contributed by atoms with van der Waals surface area (Å²) in [5, 5.41) is 5.46. The van der Waals surface area contributed by atoms with Gasteiger partial charge in [-0.1, -0.05) is 60.2 Å². The molecule has 0 spiro atoms. The molecule has 5 nitrogen and oxygen atoms in total. The lowest BCUT2D eigenvalue weighted by Crippen LogP contribution is -2.46. The number of rotatable bonds is 5. The summed E-state index contributed by atoms with van der Waals surface area (Å²) < 4.78 is 4.46. The Bertz CT molecular complexity index is 684. The fourth-order valence-corrected chi connectivity index (χ4v) is 2.37. The normalized spacial score (nSPS) is 13.0. The summed E-state index contributed by atoms with van der Waals surface area (Å²) in [6.07, 6.45) is -0.764. The highest BCUT2D eigenvalue weighted by Gasteiger charge is 2.22. The zero-order valence-electron chi connectivity index (χ0n) is 14.1. The zero-order chi connectivity index (χ0) is 17.5. The molecular formula is C19H22N2O3. The van der Waals surface area contributed by atoms with E-state index in [9.17, 15) is 9.59 Å². The average molecular weight is 326 g/mol. The number of methoxy groups -OCH3 is 1. The van der Waals surface area contributed by atoms with Crippen molar-refractivity contribution in [2.75, 3.05) is 7.11 Å². The number of benzene rings is 2. The van der Waals surface area contributed by atoms with E-state index in [0.29, 0.717) is 0 Å². The van der Waals surface area contributed by atoms with Crippen LogP contribution in [0.1, 0.15) is 29.7 Å². The summed E-state index contributed by atoms with van der Waals surface area (Å²) in [6, 6.07) is 17.3. The molecule has 0 fully saturated rings. The fraction of sp³-hybridized carbons (Fsp3) is 0.263. The first kappa shape index (κ1) is 17.7. The van der Waals surface area contributed by atoms with Crippen LogP contribution in [0.2, 0.25) is 0 Å². The number of alkyl carbamates (subject to hydrolysis) is 1. The van der Waals surface area contributed by atoms with Gasteiger partial charge in [-0.15, -0.1) is 0 Å². The first-order valence-corrected chi connectivity index (χ1v) is 7.77. The number of carbonyl (C=O) groups is 2. The standard InChI is InChI=1S/C19H22N2O3/c1-13-9-11-16(12-10-13)17(15-7-5-4-6-8-15)20-14(2)18(22)21-19(23)24-3/h4-12,14,17,20H,1-3H3,(H,21,22,23)/t14-,17+/m0/s1. The Morgan fingerprint density at radius 2 is 1.54 bits per heavy atom. The number of hydrogen-bond acceptors (Lipinski definition) is 4. The second-order valence-electron chi connectivity index (χ2n) is 5.62. The highest BCUT2D eigenvalue weighted by molar-refractivity contribution is 5.94. The maximum atomic E-state index is 12.1. The Kier molecular flexibility index (Phi) is 6.09. The van der Waals surface area contributed by atoms with Crippen molar-refractivity contribution in [3.8, 4) is 0 Å². The Labute approximate surface area is 142 Å². The van der Waals surface area contributed by atoms with E-state index in [4.69, 9.17) is 0 Å². The van der Waals surface area contributed by atoms with Crippen molar-refractivity contribution >= 4 is 12.0 Å². The lowest BCUT2D eigenvalue weighted by Gasteiger charge is -2.23. The van der Waals surface area contributed by atoms with Gasteiger partial charge >= 0.3 is 6.09 Å². The van der Waals surface area contributed by atoms with Gasteiger partial charge in [0.05, 0.1) is 19.2 Å². The van der Waals surface area contributed by atoms with E-state index >= 15 is 0 Å². The Hall–Kier alpha value is -2.66. The van der Waals surface area contributed by atoms with Crippen LogP contribution in [0, 0.1) is 6.92 Å². The van der Waals surface area contributed by atoms with Gasteiger partial charge in [-0.05, 0) is 25.0 Å². The summed E-state index contributed by atoms with van der Waals surface area (Å²) in [5.74, 6) is -0.435. The van der Waals surface area contributed by atoms with Crippen molar-refractivity contribution in [2.45, 2.75) is 25.9 Å². The van der Waals surface area contributed by atoms with Crippen LogP contribution in [0.4, 0.5) is 4.79 Å². The molecule has 5 heteroatoms. The SMILES string of the molecule is COC(=O)NC(=O)[C@H](C)N[C@H](c1ccccc1)c1ccc(C)cc1. The van der Waals surface area contributed by atoms with Crippen LogP contribution < -0.4 is 10.6 Å². The van der Waals surface area contributed by atoms with Crippen LogP contribution in [-0.2, 0) is 9.53 Å². The monoisotopic (exact) mass is 326 g/mol. The largest absolute Gasteiger partial charge is 0.453 e. The Balaban J connectivity index is 2.22. The molecule has 0 saturated carbocycles. The van der Waals surface area contributed by atoms with Crippen molar-refractivity contribution in [3.05, 3.63) is 71.3 Å². The number of imide groups is 1. The predicted molar refractivity (Wildman–Crippen MR) is 92.6 cm³/mol. The van der Waals surface area contributed by atoms with Gasteiger partial charge in [0, 0.05) is 0 Å². The fourth-order valence-electron chi connectivity index (χ4n) is 2.37. The van der Waals surface area contributed by atoms with Crippen molar-refractivity contribution in [1.29, 1.82) is 0 Å². The molecule has 2 amide bonds. The van der Waals surface area contributed by atoms with Gasteiger partial charge < -0.3 is 4.74 Å². The minimum atomic E-state index is -0.764. The van der Waals surface area contributed by atoms with Gasteiger partial charge in [-0.25, -0.2) is 4.79 Å². The first-order valence-electron chi connectivity index (χ1n) is 7.77. The number of amides is 2. The van der Waals surface area contributed by atoms with Crippen LogP contribution >= 0.6 is 0 Å². The molecule has 0 radical (unpaired) electrons. The summed E-state index contributed by atoms with van der Waals surface area (Å²) in [7, 11) is 1.22. The molecule has 126 valence electrons. The molecule has 2 atom stereocenters. The third kappa shape index (κ3) is 4.67. The lowest BCUT2D eigenvalue weighted by atomic mass is 9.97. The van der Waals surface area contributed by atoms with Gasteiger partial charge in [0.15, 0.2) is 0 Å². The highest BCUT2D eigenvalue weighted by atomic mass is 16.5. The average Bonchev–Trinajstić information content (AvgIpc) is 2.61. The van der Waals surface area contributed by atoms with E-state index < -0.39 is 18.0 Å². The molecule has 0 heterocycles. The maximum Gasteiger partial charge on any atom is 0.413 e. The molecular weight excluding hydrogens is 304 g/mol. The second kappa shape index (κ2) is 8.26. The second-order valence-corrected chi connectivity index (χ2v) is 5.62. The zero-order valence-corrected chi connectivity index (χ0v) is 14.1. The van der Waals surface area contributed by atoms with E-state index in [0.717, 1.165) is 11.1 Å². The first-order chi connectivity index (χ1) is 11.5. The van der Waals surface area contributed by atoms with Crippen LogP contribution in [-0.4, -0.2) is 25.2 Å². The van der Waals surface area contributed by atoms with E-state index in [1.54, 1.807) is 6.92 Å². The molecule has 2 N–H and O–H groups in total. The summed E-state index contributed by atoms with van der Waals surface area (Å²) in [5.41, 5.74) is 3.26. The molecule has 0 aliphatic carbocycles. The minimum Gasteiger partial charge on any atom is -0.453 e. The Morgan fingerprint density at radius 1 is 0.958 bits per heavy atom. The number of carbonyl (C=O) groups excluding carboxylic acids is 2. The van der Waals surface area contributed by atoms with Gasteiger partial charge in [0.1, 0.15) is 0 Å². The van der Waals surface area contributed by atoms with Gasteiger partial charge in [-0.2, -0.15) is 0 Å². The third-order valence-electron chi connectivity index (χ3n) is 3.76. The van der Waals surface area contributed by atoms with E-state index in [1.165, 1.54) is 12.7 Å². The van der Waals surface area contributed by atoms with E-state index in [1.807, 2.05) is 61.5 Å². The van der Waals surface area contributed by atoms with Gasteiger partial charge in [0.25, 0.3) is 0 Å². The molecule has 24 heavy (non-hydrogen) atoms. The number of aryl methyl sites for hydroxylation is 1. The van der Waals surface area contributed by atoms with Crippen molar-refractivity contribution in [3.63, 3.8) is 0 Å². The summed E-state index contributed by atoms with van der Waals surface area (Å²) in [4.78, 5) is 23.3. The molecule has 0 bridgehead atoms. The third-order valence-corrected chi connectivity index (χ3v) is 3.76. The van der Waals surface area contributed by atoms with E-state index in [-0.39, 0.29) is 6.04 Å². The molecule has 2 rings (SSSR count). The lowest BCUT2D eigenvalue weighted by molar-refractivity contribution is -0.122. The summed E-state index contributed by atoms with van der Waals surface area (Å²) >= 11 is 0. The van der Waals surface area contributed by atoms with E-state index in [2.05, 4.69) is 15.4 Å². The molecule has 0 aliphatic heterocycles. The minimum absolute atomic E-state index is 0.162. The Morgan fingerprint density at radius 3 is 2.12 bits per heavy atom. The molecule has 0 aliphatic rings. The summed E-state index contributed by atoms with van der Waals surface area (Å²) in [6.45, 7) is 3.74. The number of hydrogen-bond donors (Lipinski definition) is 2. The number of nitrogens with one attached hydrogen (secondary N) is 2. The topological polar surface area (TPSA) is 67.4 Å². The van der Waals surface area contributed by atoms with Gasteiger partial charge in [0.2, 0.25) is 5.91 Å². The molecule has 0 saturated heterocycles. The van der Waals surface area contributed by atoms with Crippen LogP contribution in [0.25, 0.3) is 0 Å². The van der Waals surface area contributed by atoms with Crippen LogP contribution in [0.5, 0.6) is 0 Å².